The van der Waals surface area contributed by atoms with Gasteiger partial charge in [0, 0.05) is 12.1 Å². The van der Waals surface area contributed by atoms with Gasteiger partial charge in [-0.1, -0.05) is 0 Å². The second-order valence-corrected chi connectivity index (χ2v) is 3.32. The lowest BCUT2D eigenvalue weighted by Gasteiger charge is -2.25. The fourth-order valence-corrected chi connectivity index (χ4v) is 1.16. The highest BCUT2D eigenvalue weighted by atomic mass is 35.5. The Kier molecular flexibility index (Phi) is 3.63. The molecule has 0 aromatic heterocycles. The second-order valence-electron chi connectivity index (χ2n) is 3.32. The first-order valence-corrected chi connectivity index (χ1v) is 3.51. The molecule has 0 bridgehead atoms. The molecule has 0 aromatic rings. The fourth-order valence-electron chi connectivity index (χ4n) is 1.16. The van der Waals surface area contributed by atoms with Crippen LogP contribution >= 0.6 is 12.4 Å². The van der Waals surface area contributed by atoms with Crippen molar-refractivity contribution in [2.45, 2.75) is 38.3 Å². The van der Waals surface area contributed by atoms with Crippen molar-refractivity contribution >= 4 is 12.4 Å². The summed E-state index contributed by atoms with van der Waals surface area (Å²) in [5, 5.41) is 0. The van der Waals surface area contributed by atoms with Crippen LogP contribution in [0.5, 0.6) is 0 Å². The van der Waals surface area contributed by atoms with E-state index in [0.717, 1.165) is 13.0 Å². The molecule has 1 aliphatic heterocycles. The van der Waals surface area contributed by atoms with E-state index in [2.05, 4.69) is 0 Å². The van der Waals surface area contributed by atoms with Gasteiger partial charge in [0.05, 0.1) is 6.10 Å². The number of nitrogens with two attached hydrogens (primary N) is 1. The average Bonchev–Trinajstić information content (AvgIpc) is 2.08. The van der Waals surface area contributed by atoms with E-state index in [1.807, 2.05) is 13.8 Å². The molecule has 1 heterocycles. The Morgan fingerprint density at radius 3 is 2.30 bits per heavy atom. The van der Waals surface area contributed by atoms with Crippen molar-refractivity contribution in [3.05, 3.63) is 0 Å². The van der Waals surface area contributed by atoms with Crippen molar-refractivity contribution in [2.24, 2.45) is 5.73 Å². The minimum Gasteiger partial charge on any atom is -0.376 e. The van der Waals surface area contributed by atoms with Gasteiger partial charge in [-0.2, -0.15) is 0 Å². The normalized spacial score (nSPS) is 26.1. The summed E-state index contributed by atoms with van der Waals surface area (Å²) < 4.78 is 5.39. The molecule has 1 saturated heterocycles. The topological polar surface area (TPSA) is 35.2 Å². The molecule has 62 valence electrons. The molecule has 0 radical (unpaired) electrons. The van der Waals surface area contributed by atoms with Crippen molar-refractivity contribution < 1.29 is 4.74 Å². The van der Waals surface area contributed by atoms with Crippen molar-refractivity contribution in [2.75, 3.05) is 6.61 Å². The van der Waals surface area contributed by atoms with Gasteiger partial charge >= 0.3 is 0 Å². The zero-order valence-corrected chi connectivity index (χ0v) is 7.41. The van der Waals surface area contributed by atoms with Crippen molar-refractivity contribution in [3.63, 3.8) is 0 Å². The highest BCUT2D eigenvalue weighted by molar-refractivity contribution is 5.85. The van der Waals surface area contributed by atoms with Gasteiger partial charge in [-0.3, -0.25) is 0 Å². The zero-order chi connectivity index (χ0) is 6.91. The van der Waals surface area contributed by atoms with Gasteiger partial charge in [-0.15, -0.1) is 12.4 Å². The third-order valence-corrected chi connectivity index (χ3v) is 1.76. The van der Waals surface area contributed by atoms with E-state index in [-0.39, 0.29) is 24.0 Å². The van der Waals surface area contributed by atoms with Crippen molar-refractivity contribution in [3.8, 4) is 0 Å². The molecule has 1 atom stereocenters. The van der Waals surface area contributed by atoms with E-state index in [0.29, 0.717) is 0 Å². The van der Waals surface area contributed by atoms with E-state index in [4.69, 9.17) is 10.5 Å². The number of ether oxygens (including phenoxy) is 1. The van der Waals surface area contributed by atoms with Gasteiger partial charge in [0.2, 0.25) is 0 Å². The lowest BCUT2D eigenvalue weighted by atomic mass is 9.97. The molecule has 1 unspecified atom stereocenters. The highest BCUT2D eigenvalue weighted by Crippen LogP contribution is 2.20. The summed E-state index contributed by atoms with van der Waals surface area (Å²) in [6.45, 7) is 4.93. The smallest absolute Gasteiger partial charge is 0.0749 e. The van der Waals surface area contributed by atoms with Gasteiger partial charge in [-0.25, -0.2) is 0 Å². The molecule has 0 aromatic carbocycles. The van der Waals surface area contributed by atoms with E-state index >= 15 is 0 Å². The van der Waals surface area contributed by atoms with Crippen LogP contribution in [0.15, 0.2) is 0 Å². The third kappa shape index (κ3) is 2.45. The SMILES string of the molecule is CC(C)(N)C1CCCO1.Cl. The third-order valence-electron chi connectivity index (χ3n) is 1.76. The molecule has 2 N–H and O–H groups in total. The quantitative estimate of drug-likeness (QED) is 0.636. The zero-order valence-electron chi connectivity index (χ0n) is 6.59. The minimum atomic E-state index is -0.142. The molecule has 10 heavy (non-hydrogen) atoms. The predicted octanol–water partition coefficient (Wildman–Crippen LogP) is 1.32. The maximum absolute atomic E-state index is 5.82. The highest BCUT2D eigenvalue weighted by Gasteiger charge is 2.28. The summed E-state index contributed by atoms with van der Waals surface area (Å²) in [7, 11) is 0. The molecule has 3 heteroatoms. The van der Waals surface area contributed by atoms with E-state index < -0.39 is 0 Å². The van der Waals surface area contributed by atoms with Gasteiger partial charge in [-0.05, 0) is 26.7 Å². The van der Waals surface area contributed by atoms with Crippen LogP contribution < -0.4 is 5.73 Å². The molecule has 0 aliphatic carbocycles. The van der Waals surface area contributed by atoms with Crippen LogP contribution in [0.25, 0.3) is 0 Å². The first kappa shape index (κ1) is 10.2. The summed E-state index contributed by atoms with van der Waals surface area (Å²) in [4.78, 5) is 0. The summed E-state index contributed by atoms with van der Waals surface area (Å²) in [6, 6.07) is 0. The molecule has 1 fully saturated rings. The number of halogens is 1. The van der Waals surface area contributed by atoms with Gasteiger partial charge in [0.15, 0.2) is 0 Å². The van der Waals surface area contributed by atoms with Crippen LogP contribution in [-0.4, -0.2) is 18.2 Å². The molecular formula is C7H16ClNO. The van der Waals surface area contributed by atoms with E-state index in [1.54, 1.807) is 0 Å². The Morgan fingerprint density at radius 2 is 2.10 bits per heavy atom. The lowest BCUT2D eigenvalue weighted by molar-refractivity contribution is 0.0607. The number of rotatable bonds is 1. The number of hydrogen-bond donors (Lipinski definition) is 1. The predicted molar refractivity (Wildman–Crippen MR) is 44.5 cm³/mol. The van der Waals surface area contributed by atoms with E-state index in [9.17, 15) is 0 Å². The van der Waals surface area contributed by atoms with Gasteiger partial charge < -0.3 is 10.5 Å². The maximum atomic E-state index is 5.82. The summed E-state index contributed by atoms with van der Waals surface area (Å²) in [5.41, 5.74) is 5.67. The molecule has 1 aliphatic rings. The standard InChI is InChI=1S/C7H15NO.ClH/c1-7(2,8)6-4-3-5-9-6;/h6H,3-5,8H2,1-2H3;1H. The van der Waals surface area contributed by atoms with Crippen molar-refractivity contribution in [1.82, 2.24) is 0 Å². The maximum Gasteiger partial charge on any atom is 0.0749 e. The van der Waals surface area contributed by atoms with Crippen LogP contribution in [0.1, 0.15) is 26.7 Å². The first-order chi connectivity index (χ1) is 4.11. The number of hydrogen-bond acceptors (Lipinski definition) is 2. The average molecular weight is 166 g/mol. The van der Waals surface area contributed by atoms with Crippen LogP contribution in [-0.2, 0) is 4.74 Å². The van der Waals surface area contributed by atoms with Crippen LogP contribution in [0.4, 0.5) is 0 Å². The van der Waals surface area contributed by atoms with Crippen molar-refractivity contribution in [1.29, 1.82) is 0 Å². The molecular weight excluding hydrogens is 150 g/mol. The molecule has 0 spiro atoms. The van der Waals surface area contributed by atoms with Gasteiger partial charge in [0.1, 0.15) is 0 Å². The van der Waals surface area contributed by atoms with Crippen LogP contribution in [0.3, 0.4) is 0 Å². The Labute approximate surface area is 68.5 Å². The summed E-state index contributed by atoms with van der Waals surface area (Å²) in [6.07, 6.45) is 2.59. The van der Waals surface area contributed by atoms with Gasteiger partial charge in [0.25, 0.3) is 0 Å². The fraction of sp³-hybridized carbons (Fsp3) is 1.00. The minimum absolute atomic E-state index is 0. The molecule has 0 amide bonds. The largest absolute Gasteiger partial charge is 0.376 e. The Morgan fingerprint density at radius 1 is 1.50 bits per heavy atom. The summed E-state index contributed by atoms with van der Waals surface area (Å²) >= 11 is 0. The molecule has 0 saturated carbocycles. The Balaban J connectivity index is 0.000000810. The monoisotopic (exact) mass is 165 g/mol. The Hall–Kier alpha value is 0.210. The molecule has 1 rings (SSSR count). The first-order valence-electron chi connectivity index (χ1n) is 3.51. The van der Waals surface area contributed by atoms with Crippen LogP contribution in [0, 0.1) is 0 Å². The van der Waals surface area contributed by atoms with Crippen LogP contribution in [0.2, 0.25) is 0 Å². The lowest BCUT2D eigenvalue weighted by Crippen LogP contribution is -2.44. The Bertz CT molecular complexity index is 94.3. The summed E-state index contributed by atoms with van der Waals surface area (Å²) in [5.74, 6) is 0. The molecule has 2 nitrogen and oxygen atoms in total. The second kappa shape index (κ2) is 3.56. The van der Waals surface area contributed by atoms with E-state index in [1.165, 1.54) is 6.42 Å².